The molecule has 1 atom stereocenters. The lowest BCUT2D eigenvalue weighted by Crippen LogP contribution is -2.30. The fourth-order valence-electron chi connectivity index (χ4n) is 4.78. The van der Waals surface area contributed by atoms with Gasteiger partial charge >= 0.3 is 6.18 Å². The number of carbonyl (C=O) groups excluding carboxylic acids is 1. The van der Waals surface area contributed by atoms with E-state index in [0.717, 1.165) is 12.2 Å². The molecule has 2 aromatic carbocycles. The summed E-state index contributed by atoms with van der Waals surface area (Å²) in [7, 11) is 1.71. The van der Waals surface area contributed by atoms with Gasteiger partial charge in [0.2, 0.25) is 5.95 Å². The largest absolute Gasteiger partial charge is 0.416 e. The first-order valence-corrected chi connectivity index (χ1v) is 12.9. The molecule has 1 amide bonds. The van der Waals surface area contributed by atoms with Gasteiger partial charge in [0.1, 0.15) is 12.0 Å². The lowest BCUT2D eigenvalue weighted by atomic mass is 10.1. The first-order valence-electron chi connectivity index (χ1n) is 12.1. The van der Waals surface area contributed by atoms with Gasteiger partial charge in [-0.1, -0.05) is 48.3 Å². The number of carbonyl (C=O) groups is 1. The van der Waals surface area contributed by atoms with Gasteiger partial charge in [-0.15, -0.1) is 0 Å². The van der Waals surface area contributed by atoms with Gasteiger partial charge in [-0.2, -0.15) is 13.2 Å². The van der Waals surface area contributed by atoms with E-state index >= 15 is 0 Å². The predicted molar refractivity (Wildman–Crippen MR) is 145 cm³/mol. The van der Waals surface area contributed by atoms with Crippen LogP contribution >= 0.6 is 23.2 Å². The van der Waals surface area contributed by atoms with Crippen molar-refractivity contribution in [1.82, 2.24) is 9.55 Å². The number of imidazole rings is 1. The predicted octanol–water partition coefficient (Wildman–Crippen LogP) is 6.01. The number of allylic oxidation sites excluding steroid dienone is 2. The highest BCUT2D eigenvalue weighted by molar-refractivity contribution is 6.35. The van der Waals surface area contributed by atoms with Gasteiger partial charge in [0.05, 0.1) is 37.7 Å². The van der Waals surface area contributed by atoms with Gasteiger partial charge in [-0.05, 0) is 43.2 Å². The lowest BCUT2D eigenvalue weighted by molar-refractivity contribution is -0.0867. The number of benzene rings is 2. The van der Waals surface area contributed by atoms with Crippen LogP contribution in [0.2, 0.25) is 10.0 Å². The Labute approximate surface area is 231 Å². The molecule has 1 aliphatic carbocycles. The van der Waals surface area contributed by atoms with Gasteiger partial charge in [0, 0.05) is 24.7 Å². The molecule has 2 N–H and O–H groups in total. The van der Waals surface area contributed by atoms with E-state index in [1.54, 1.807) is 34.7 Å². The third kappa shape index (κ3) is 4.98. The van der Waals surface area contributed by atoms with Crippen molar-refractivity contribution in [2.45, 2.75) is 38.7 Å². The maximum atomic E-state index is 14.6. The molecule has 2 aliphatic rings. The molecule has 0 radical (unpaired) electrons. The summed E-state index contributed by atoms with van der Waals surface area (Å²) in [6, 6.07) is 7.46. The molecule has 39 heavy (non-hydrogen) atoms. The maximum absolute atomic E-state index is 14.6. The van der Waals surface area contributed by atoms with E-state index in [0.29, 0.717) is 29.7 Å². The number of halogens is 6. The van der Waals surface area contributed by atoms with Crippen molar-refractivity contribution in [3.8, 4) is 0 Å². The molecule has 1 aromatic heterocycles. The molecule has 5 rings (SSSR count). The van der Waals surface area contributed by atoms with Crippen LogP contribution in [0.25, 0.3) is 12.2 Å². The van der Waals surface area contributed by atoms with Gasteiger partial charge in [-0.25, -0.2) is 9.37 Å². The number of fused-ring (bicyclic) bond motifs is 2. The summed E-state index contributed by atoms with van der Waals surface area (Å²) in [6.07, 6.45) is -0.681. The number of amides is 1. The van der Waals surface area contributed by atoms with E-state index < -0.39 is 29.6 Å². The molecule has 0 fully saturated rings. The van der Waals surface area contributed by atoms with Gasteiger partial charge in [-0.3, -0.25) is 10.1 Å². The minimum atomic E-state index is -4.51. The van der Waals surface area contributed by atoms with E-state index in [4.69, 9.17) is 23.2 Å². The highest BCUT2D eigenvalue weighted by atomic mass is 35.5. The fraction of sp³-hybridized carbons (Fsp3) is 0.259. The second kappa shape index (κ2) is 10.2. The number of nitrogens with zero attached hydrogens (tertiary/aromatic N) is 3. The third-order valence-electron chi connectivity index (χ3n) is 6.63. The summed E-state index contributed by atoms with van der Waals surface area (Å²) in [5.41, 5.74) is 0.698. The van der Waals surface area contributed by atoms with Crippen molar-refractivity contribution in [3.63, 3.8) is 0 Å². The molecule has 0 saturated carbocycles. The summed E-state index contributed by atoms with van der Waals surface area (Å²) >= 11 is 12.8. The van der Waals surface area contributed by atoms with E-state index in [1.165, 1.54) is 18.2 Å². The third-order valence-corrected chi connectivity index (χ3v) is 7.26. The maximum Gasteiger partial charge on any atom is 0.416 e. The van der Waals surface area contributed by atoms with Gasteiger partial charge in [0.15, 0.2) is 0 Å². The average molecular weight is 580 g/mol. The van der Waals surface area contributed by atoms with Crippen LogP contribution in [0.4, 0.5) is 34.9 Å². The Morgan fingerprint density at radius 1 is 1.21 bits per heavy atom. The van der Waals surface area contributed by atoms with Crippen LogP contribution in [0.1, 0.15) is 41.9 Å². The van der Waals surface area contributed by atoms with Crippen molar-refractivity contribution in [2.24, 2.45) is 0 Å². The van der Waals surface area contributed by atoms with Crippen molar-refractivity contribution < 1.29 is 22.4 Å². The summed E-state index contributed by atoms with van der Waals surface area (Å²) in [4.78, 5) is 19.4. The van der Waals surface area contributed by atoms with Crippen molar-refractivity contribution in [1.29, 1.82) is 0 Å². The van der Waals surface area contributed by atoms with Crippen molar-refractivity contribution in [2.75, 3.05) is 22.6 Å². The van der Waals surface area contributed by atoms with E-state index in [9.17, 15) is 22.4 Å². The molecule has 2 heterocycles. The van der Waals surface area contributed by atoms with Crippen LogP contribution in [0.15, 0.2) is 42.0 Å². The first kappa shape index (κ1) is 27.1. The molecule has 0 spiro atoms. The second-order valence-corrected chi connectivity index (χ2v) is 10.0. The minimum Gasteiger partial charge on any atom is -0.358 e. The molecule has 3 aromatic rings. The van der Waals surface area contributed by atoms with E-state index in [2.05, 4.69) is 15.6 Å². The number of hydrogen-bond donors (Lipinski definition) is 2. The topological polar surface area (TPSA) is 62.2 Å². The molecule has 204 valence electrons. The van der Waals surface area contributed by atoms with Gasteiger partial charge < -0.3 is 14.8 Å². The molecule has 12 heteroatoms. The Balaban J connectivity index is 1.49. The monoisotopic (exact) mass is 579 g/mol. The molecule has 1 unspecified atom stereocenters. The number of alkyl halides is 3. The zero-order valence-electron chi connectivity index (χ0n) is 20.8. The Kier molecular flexibility index (Phi) is 7.11. The molecule has 0 saturated heterocycles. The number of nitrogens with one attached hydrogen (secondary N) is 2. The molecular weight excluding hydrogens is 557 g/mol. The van der Waals surface area contributed by atoms with Crippen LogP contribution in [0.3, 0.4) is 0 Å². The highest BCUT2D eigenvalue weighted by Crippen LogP contribution is 2.46. The lowest BCUT2D eigenvalue weighted by Gasteiger charge is -2.23. The highest BCUT2D eigenvalue weighted by Gasteiger charge is 2.34. The van der Waals surface area contributed by atoms with Crippen LogP contribution in [-0.4, -0.2) is 28.7 Å². The second-order valence-electron chi connectivity index (χ2n) is 9.20. The summed E-state index contributed by atoms with van der Waals surface area (Å²) < 4.78 is 56.5. The van der Waals surface area contributed by atoms with Crippen molar-refractivity contribution >= 4 is 58.6 Å². The fourth-order valence-corrected chi connectivity index (χ4v) is 5.32. The summed E-state index contributed by atoms with van der Waals surface area (Å²) in [6.45, 7) is 2.35. The summed E-state index contributed by atoms with van der Waals surface area (Å²) in [5.74, 6) is -0.917. The van der Waals surface area contributed by atoms with Crippen molar-refractivity contribution in [3.05, 3.63) is 79.7 Å². The Bertz CT molecular complexity index is 1610. The van der Waals surface area contributed by atoms with E-state index in [-0.39, 0.29) is 38.9 Å². The Morgan fingerprint density at radius 3 is 2.67 bits per heavy atom. The number of anilines is 3. The minimum absolute atomic E-state index is 0.0775. The SMILES string of the molecule is CCCn1c(NC(=O)c2cc(Cl)c3c(c2)N(C)C(c2c(F)cccc2Cl)N3)nc2c1=CCC=C(C(F)(F)F)C=2. The molecule has 0 bridgehead atoms. The Hall–Kier alpha value is -3.50. The first-order chi connectivity index (χ1) is 18.5. The zero-order valence-corrected chi connectivity index (χ0v) is 22.3. The van der Waals surface area contributed by atoms with Crippen LogP contribution in [-0.2, 0) is 6.54 Å². The van der Waals surface area contributed by atoms with Crippen LogP contribution in [0, 0.1) is 5.82 Å². The van der Waals surface area contributed by atoms with Gasteiger partial charge in [0.25, 0.3) is 5.91 Å². The summed E-state index contributed by atoms with van der Waals surface area (Å²) in [5, 5.41) is 6.99. The zero-order chi connectivity index (χ0) is 28.1. The number of rotatable bonds is 5. The molecule has 1 aliphatic heterocycles. The van der Waals surface area contributed by atoms with E-state index in [1.807, 2.05) is 6.92 Å². The molecular formula is C27H23Cl2F4N5O. The van der Waals surface area contributed by atoms with Crippen LogP contribution in [0.5, 0.6) is 0 Å². The standard InChI is InChI=1S/C27H23Cl2F4N5O/c1-3-10-38-20-9-4-6-15(27(31,32)33)13-19(20)34-26(38)36-25(39)14-11-17(29)23-21(12-14)37(2)24(35-23)22-16(28)7-5-8-18(22)30/h5-9,11-13,24,35H,3-4,10H2,1-2H3,(H,34,36,39). The molecule has 6 nitrogen and oxygen atoms in total. The number of hydrogen-bond acceptors (Lipinski definition) is 4. The Morgan fingerprint density at radius 2 is 1.97 bits per heavy atom. The van der Waals surface area contributed by atoms with Crippen LogP contribution < -0.4 is 26.2 Å². The quantitative estimate of drug-likeness (QED) is 0.364. The average Bonchev–Trinajstić information content (AvgIpc) is 3.25. The normalized spacial score (nSPS) is 16.4. The smallest absolute Gasteiger partial charge is 0.358 e. The number of aromatic nitrogens is 2.